The minimum absolute atomic E-state index is 0.164. The van der Waals surface area contributed by atoms with E-state index in [2.05, 4.69) is 10.6 Å². The number of benzene rings is 3. The highest BCUT2D eigenvalue weighted by Crippen LogP contribution is 2.32. The maximum atomic E-state index is 12.9. The standard InChI is InChI=1S/C23H18ClF3N2O3/c1-14(15-5-4-6-16(13-15)23(25,26)27)32-18-11-9-17(10-12-18)28-22(31)29-21(30)19-7-2-3-8-20(19)24/h2-14H,1H3,(H2,28,29,30,31). The first kappa shape index (κ1) is 23.1. The second-order valence-electron chi connectivity index (χ2n) is 6.80. The summed E-state index contributed by atoms with van der Waals surface area (Å²) in [6.45, 7) is 1.63. The van der Waals surface area contributed by atoms with Gasteiger partial charge in [-0.25, -0.2) is 4.79 Å². The summed E-state index contributed by atoms with van der Waals surface area (Å²) >= 11 is 5.93. The number of rotatable bonds is 5. The maximum absolute atomic E-state index is 12.9. The third-order valence-electron chi connectivity index (χ3n) is 4.45. The summed E-state index contributed by atoms with van der Waals surface area (Å²) in [5.41, 5.74) is 0.173. The Balaban J connectivity index is 1.58. The van der Waals surface area contributed by atoms with E-state index in [0.29, 0.717) is 17.0 Å². The van der Waals surface area contributed by atoms with Gasteiger partial charge in [0.05, 0.1) is 16.1 Å². The lowest BCUT2D eigenvalue weighted by Crippen LogP contribution is -2.34. The lowest BCUT2D eigenvalue weighted by Gasteiger charge is -2.17. The molecule has 1 unspecified atom stereocenters. The van der Waals surface area contributed by atoms with Crippen LogP contribution in [0, 0.1) is 0 Å². The first-order chi connectivity index (χ1) is 15.1. The van der Waals surface area contributed by atoms with Gasteiger partial charge in [0, 0.05) is 5.69 Å². The highest BCUT2D eigenvalue weighted by molar-refractivity contribution is 6.34. The third-order valence-corrected chi connectivity index (χ3v) is 4.78. The Labute approximate surface area is 187 Å². The van der Waals surface area contributed by atoms with Gasteiger partial charge in [0.15, 0.2) is 0 Å². The predicted molar refractivity (Wildman–Crippen MR) is 115 cm³/mol. The van der Waals surface area contributed by atoms with Crippen LogP contribution < -0.4 is 15.4 Å². The largest absolute Gasteiger partial charge is 0.486 e. The fourth-order valence-corrected chi connectivity index (χ4v) is 3.06. The smallest absolute Gasteiger partial charge is 0.416 e. The van der Waals surface area contributed by atoms with Crippen LogP contribution in [0.4, 0.5) is 23.7 Å². The van der Waals surface area contributed by atoms with Crippen molar-refractivity contribution < 1.29 is 27.5 Å². The molecule has 0 spiro atoms. The molecular formula is C23H18ClF3N2O3. The SMILES string of the molecule is CC(Oc1ccc(NC(=O)NC(=O)c2ccccc2Cl)cc1)c1cccc(C(F)(F)F)c1. The van der Waals surface area contributed by atoms with E-state index in [0.717, 1.165) is 12.1 Å². The molecule has 0 aliphatic carbocycles. The van der Waals surface area contributed by atoms with Gasteiger partial charge in [-0.2, -0.15) is 13.2 Å². The minimum Gasteiger partial charge on any atom is -0.486 e. The van der Waals surface area contributed by atoms with Gasteiger partial charge >= 0.3 is 12.2 Å². The predicted octanol–water partition coefficient (Wildman–Crippen LogP) is 6.46. The van der Waals surface area contributed by atoms with E-state index in [4.69, 9.17) is 16.3 Å². The van der Waals surface area contributed by atoms with Gasteiger partial charge in [-0.05, 0) is 61.0 Å². The van der Waals surface area contributed by atoms with E-state index < -0.39 is 29.8 Å². The monoisotopic (exact) mass is 462 g/mol. The zero-order valence-corrected chi connectivity index (χ0v) is 17.5. The Bertz CT molecular complexity index is 1120. The van der Waals surface area contributed by atoms with Crippen molar-refractivity contribution in [3.8, 4) is 5.75 Å². The highest BCUT2D eigenvalue weighted by atomic mass is 35.5. The lowest BCUT2D eigenvalue weighted by atomic mass is 10.1. The Morgan fingerprint density at radius 3 is 2.31 bits per heavy atom. The number of anilines is 1. The van der Waals surface area contributed by atoms with Crippen LogP contribution in [0.5, 0.6) is 5.75 Å². The number of urea groups is 1. The van der Waals surface area contributed by atoms with Crippen molar-refractivity contribution in [1.82, 2.24) is 5.32 Å². The number of halogens is 4. The number of hydrogen-bond acceptors (Lipinski definition) is 3. The van der Waals surface area contributed by atoms with Gasteiger partial charge in [0.1, 0.15) is 11.9 Å². The molecule has 1 atom stereocenters. The molecule has 0 aromatic heterocycles. The molecule has 3 amide bonds. The number of carbonyl (C=O) groups excluding carboxylic acids is 2. The Morgan fingerprint density at radius 2 is 1.66 bits per heavy atom. The summed E-state index contributed by atoms with van der Waals surface area (Å²) in [6.07, 6.45) is -5.07. The molecule has 3 aromatic rings. The maximum Gasteiger partial charge on any atom is 0.416 e. The van der Waals surface area contributed by atoms with Crippen molar-refractivity contribution in [2.24, 2.45) is 0 Å². The average Bonchev–Trinajstić information content (AvgIpc) is 2.74. The quantitative estimate of drug-likeness (QED) is 0.457. The van der Waals surface area contributed by atoms with Gasteiger partial charge in [0.2, 0.25) is 0 Å². The number of nitrogens with one attached hydrogen (secondary N) is 2. The van der Waals surface area contributed by atoms with Crippen LogP contribution in [0.1, 0.15) is 34.5 Å². The van der Waals surface area contributed by atoms with Crippen molar-refractivity contribution in [1.29, 1.82) is 0 Å². The lowest BCUT2D eigenvalue weighted by molar-refractivity contribution is -0.137. The molecule has 5 nitrogen and oxygen atoms in total. The number of imide groups is 1. The van der Waals surface area contributed by atoms with Crippen LogP contribution >= 0.6 is 11.6 Å². The number of amides is 3. The van der Waals surface area contributed by atoms with Gasteiger partial charge in [-0.3, -0.25) is 10.1 Å². The van der Waals surface area contributed by atoms with E-state index >= 15 is 0 Å². The van der Waals surface area contributed by atoms with Gasteiger partial charge in [0.25, 0.3) is 5.91 Å². The van der Waals surface area contributed by atoms with Crippen molar-refractivity contribution in [2.45, 2.75) is 19.2 Å². The molecule has 0 radical (unpaired) electrons. The van der Waals surface area contributed by atoms with E-state index in [1.54, 1.807) is 37.3 Å². The van der Waals surface area contributed by atoms with Gasteiger partial charge in [-0.1, -0.05) is 35.9 Å². The summed E-state index contributed by atoms with van der Waals surface area (Å²) in [6, 6.07) is 16.7. The molecule has 0 aliphatic heterocycles. The average molecular weight is 463 g/mol. The number of ether oxygens (including phenoxy) is 1. The van der Waals surface area contributed by atoms with Crippen LogP contribution in [0.2, 0.25) is 5.02 Å². The summed E-state index contributed by atoms with van der Waals surface area (Å²) < 4.78 is 44.4. The number of hydrogen-bond donors (Lipinski definition) is 2. The first-order valence-electron chi connectivity index (χ1n) is 9.44. The molecule has 0 aliphatic rings. The van der Waals surface area contributed by atoms with Crippen molar-refractivity contribution in [3.63, 3.8) is 0 Å². The zero-order valence-electron chi connectivity index (χ0n) is 16.7. The molecule has 166 valence electrons. The van der Waals surface area contributed by atoms with Crippen LogP contribution in [-0.2, 0) is 6.18 Å². The number of carbonyl (C=O) groups is 2. The molecule has 0 heterocycles. The summed E-state index contributed by atoms with van der Waals surface area (Å²) in [5.74, 6) is -0.254. The summed E-state index contributed by atoms with van der Waals surface area (Å²) in [5, 5.41) is 4.90. The molecule has 9 heteroatoms. The van der Waals surface area contributed by atoms with Crippen LogP contribution in [0.25, 0.3) is 0 Å². The third kappa shape index (κ3) is 6.01. The first-order valence-corrected chi connectivity index (χ1v) is 9.82. The second-order valence-corrected chi connectivity index (χ2v) is 7.20. The van der Waals surface area contributed by atoms with Gasteiger partial charge < -0.3 is 10.1 Å². The summed E-state index contributed by atoms with van der Waals surface area (Å²) in [7, 11) is 0. The number of alkyl halides is 3. The Morgan fingerprint density at radius 1 is 0.969 bits per heavy atom. The molecule has 0 saturated carbocycles. The van der Waals surface area contributed by atoms with Crippen LogP contribution in [0.3, 0.4) is 0 Å². The molecular weight excluding hydrogens is 445 g/mol. The molecule has 0 fully saturated rings. The zero-order chi connectivity index (χ0) is 23.3. The summed E-state index contributed by atoms with van der Waals surface area (Å²) in [4.78, 5) is 24.2. The molecule has 0 saturated heterocycles. The van der Waals surface area contributed by atoms with E-state index in [1.807, 2.05) is 0 Å². The normalized spacial score (nSPS) is 12.0. The molecule has 2 N–H and O–H groups in total. The van der Waals surface area contributed by atoms with Crippen molar-refractivity contribution in [3.05, 3.63) is 94.5 Å². The van der Waals surface area contributed by atoms with Crippen molar-refractivity contribution in [2.75, 3.05) is 5.32 Å². The van der Waals surface area contributed by atoms with E-state index in [-0.39, 0.29) is 10.6 Å². The molecule has 32 heavy (non-hydrogen) atoms. The van der Waals surface area contributed by atoms with Crippen LogP contribution in [-0.4, -0.2) is 11.9 Å². The van der Waals surface area contributed by atoms with E-state index in [9.17, 15) is 22.8 Å². The highest BCUT2D eigenvalue weighted by Gasteiger charge is 2.30. The fraction of sp³-hybridized carbons (Fsp3) is 0.130. The topological polar surface area (TPSA) is 67.4 Å². The molecule has 3 rings (SSSR count). The van der Waals surface area contributed by atoms with Crippen molar-refractivity contribution >= 4 is 29.2 Å². The Kier molecular flexibility index (Phi) is 7.05. The molecule has 3 aromatic carbocycles. The molecule has 0 bridgehead atoms. The van der Waals surface area contributed by atoms with E-state index in [1.165, 1.54) is 30.3 Å². The van der Waals surface area contributed by atoms with Crippen LogP contribution in [0.15, 0.2) is 72.8 Å². The minimum atomic E-state index is -4.43. The fourth-order valence-electron chi connectivity index (χ4n) is 2.84. The van der Waals surface area contributed by atoms with Gasteiger partial charge in [-0.15, -0.1) is 0 Å². The second kappa shape index (κ2) is 9.74. The Hall–Kier alpha value is -3.52.